The van der Waals surface area contributed by atoms with Crippen molar-refractivity contribution in [2.45, 2.75) is 12.6 Å². The van der Waals surface area contributed by atoms with Crippen molar-refractivity contribution >= 4 is 39.7 Å². The largest absolute Gasteiger partial charge is 0.387 e. The number of hydrogen-bond donors (Lipinski definition) is 2. The zero-order valence-corrected chi connectivity index (χ0v) is 12.9. The third-order valence-corrected chi connectivity index (χ3v) is 4.14. The van der Waals surface area contributed by atoms with E-state index < -0.39 is 6.10 Å². The number of halogens is 2. The van der Waals surface area contributed by atoms with Crippen LogP contribution in [0.5, 0.6) is 0 Å². The maximum absolute atomic E-state index is 9.94. The lowest BCUT2D eigenvalue weighted by Gasteiger charge is -2.11. The fourth-order valence-corrected chi connectivity index (χ4v) is 2.99. The summed E-state index contributed by atoms with van der Waals surface area (Å²) in [6.07, 6.45) is -0.445. The summed E-state index contributed by atoms with van der Waals surface area (Å²) in [7, 11) is 0. The molecule has 0 aliphatic carbocycles. The van der Waals surface area contributed by atoms with Gasteiger partial charge in [0.15, 0.2) is 0 Å². The Bertz CT molecular complexity index is 463. The predicted molar refractivity (Wildman–Crippen MR) is 82.4 cm³/mol. The number of aliphatic hydroxyl groups is 1. The van der Waals surface area contributed by atoms with Crippen LogP contribution in [0.1, 0.15) is 16.5 Å². The molecule has 98 valence electrons. The molecule has 2 aromatic rings. The van der Waals surface area contributed by atoms with Gasteiger partial charge in [-0.25, -0.2) is 0 Å². The van der Waals surface area contributed by atoms with E-state index in [1.54, 1.807) is 11.3 Å². The number of thiophene rings is 1. The Hall–Kier alpha value is -0.390. The molecule has 1 aromatic heterocycles. The van der Waals surface area contributed by atoms with Crippen molar-refractivity contribution in [3.63, 3.8) is 0 Å². The van der Waals surface area contributed by atoms with Crippen molar-refractivity contribution < 1.29 is 5.11 Å². The van der Waals surface area contributed by atoms with Gasteiger partial charge in [-0.05, 0) is 27.6 Å². The number of aliphatic hydroxyl groups excluding tert-OH is 1. The van der Waals surface area contributed by atoms with Crippen molar-refractivity contribution in [1.29, 1.82) is 0 Å². The number of benzene rings is 1. The van der Waals surface area contributed by atoms with Gasteiger partial charge in [0.1, 0.15) is 0 Å². The minimum Gasteiger partial charge on any atom is -0.387 e. The number of hydrogen-bond acceptors (Lipinski definition) is 3. The first-order chi connectivity index (χ1) is 8.25. The molecular formula is C13H15BrClNOS. The molecule has 0 bridgehead atoms. The molecule has 18 heavy (non-hydrogen) atoms. The molecule has 1 aromatic carbocycles. The van der Waals surface area contributed by atoms with E-state index in [1.165, 1.54) is 4.88 Å². The summed E-state index contributed by atoms with van der Waals surface area (Å²) in [5.41, 5.74) is 0.951. The molecule has 5 heteroatoms. The summed E-state index contributed by atoms with van der Waals surface area (Å²) in [5, 5.41) is 15.2. The molecule has 1 atom stereocenters. The minimum atomic E-state index is -0.445. The first kappa shape index (κ1) is 15.7. The first-order valence-electron chi connectivity index (χ1n) is 5.42. The van der Waals surface area contributed by atoms with Gasteiger partial charge < -0.3 is 10.4 Å². The first-order valence-corrected chi connectivity index (χ1v) is 7.09. The Morgan fingerprint density at radius 1 is 1.28 bits per heavy atom. The van der Waals surface area contributed by atoms with Crippen LogP contribution in [0.15, 0.2) is 46.3 Å². The summed E-state index contributed by atoms with van der Waals surface area (Å²) >= 11 is 5.13. The van der Waals surface area contributed by atoms with Crippen LogP contribution in [0.3, 0.4) is 0 Å². The maximum Gasteiger partial charge on any atom is 0.0914 e. The highest BCUT2D eigenvalue weighted by Crippen LogP contribution is 2.19. The highest BCUT2D eigenvalue weighted by Gasteiger charge is 2.06. The SMILES string of the molecule is Cl.OC(CNCc1cc(Br)cs1)c1ccccc1. The van der Waals surface area contributed by atoms with Crippen LogP contribution in [0.4, 0.5) is 0 Å². The van der Waals surface area contributed by atoms with Gasteiger partial charge in [-0.3, -0.25) is 0 Å². The fourth-order valence-electron chi connectivity index (χ4n) is 1.57. The van der Waals surface area contributed by atoms with Crippen LogP contribution in [0.2, 0.25) is 0 Å². The zero-order valence-electron chi connectivity index (χ0n) is 9.67. The van der Waals surface area contributed by atoms with Gasteiger partial charge in [0.25, 0.3) is 0 Å². The van der Waals surface area contributed by atoms with E-state index in [-0.39, 0.29) is 12.4 Å². The highest BCUT2D eigenvalue weighted by atomic mass is 79.9. The van der Waals surface area contributed by atoms with E-state index in [9.17, 15) is 5.11 Å². The van der Waals surface area contributed by atoms with Crippen LogP contribution < -0.4 is 5.32 Å². The van der Waals surface area contributed by atoms with Gasteiger partial charge in [-0.15, -0.1) is 23.7 Å². The number of rotatable bonds is 5. The molecule has 0 fully saturated rings. The van der Waals surface area contributed by atoms with Crippen LogP contribution in [-0.2, 0) is 6.54 Å². The molecule has 2 nitrogen and oxygen atoms in total. The standard InChI is InChI=1S/C13H14BrNOS.ClH/c14-11-6-12(17-9-11)7-15-8-13(16)10-4-2-1-3-5-10;/h1-6,9,13,15-16H,7-8H2;1H. The van der Waals surface area contributed by atoms with Crippen molar-refractivity contribution in [1.82, 2.24) is 5.32 Å². The van der Waals surface area contributed by atoms with Crippen LogP contribution in [-0.4, -0.2) is 11.7 Å². The molecule has 0 saturated carbocycles. The predicted octanol–water partition coefficient (Wildman–Crippen LogP) is 3.76. The third-order valence-electron chi connectivity index (χ3n) is 2.44. The number of nitrogens with one attached hydrogen (secondary N) is 1. The molecule has 2 rings (SSSR count). The average Bonchev–Trinajstić information content (AvgIpc) is 2.76. The van der Waals surface area contributed by atoms with E-state index in [1.807, 2.05) is 30.3 Å². The molecule has 0 aliphatic rings. The van der Waals surface area contributed by atoms with Crippen LogP contribution in [0.25, 0.3) is 0 Å². The Labute approximate surface area is 126 Å². The molecule has 0 radical (unpaired) electrons. The van der Waals surface area contributed by atoms with E-state index in [0.717, 1.165) is 16.6 Å². The second kappa shape index (κ2) is 7.92. The van der Waals surface area contributed by atoms with Gasteiger partial charge >= 0.3 is 0 Å². The van der Waals surface area contributed by atoms with Crippen molar-refractivity contribution in [2.24, 2.45) is 0 Å². The van der Waals surface area contributed by atoms with Crippen molar-refractivity contribution in [3.05, 3.63) is 56.7 Å². The van der Waals surface area contributed by atoms with E-state index in [2.05, 4.69) is 32.7 Å². The lowest BCUT2D eigenvalue weighted by atomic mass is 10.1. The summed E-state index contributed by atoms with van der Waals surface area (Å²) in [6.45, 7) is 1.36. The van der Waals surface area contributed by atoms with Crippen LogP contribution >= 0.6 is 39.7 Å². The third kappa shape index (κ3) is 4.71. The van der Waals surface area contributed by atoms with Gasteiger partial charge in [-0.2, -0.15) is 0 Å². The van der Waals surface area contributed by atoms with E-state index >= 15 is 0 Å². The highest BCUT2D eigenvalue weighted by molar-refractivity contribution is 9.10. The second-order valence-corrected chi connectivity index (χ2v) is 5.70. The zero-order chi connectivity index (χ0) is 12.1. The lowest BCUT2D eigenvalue weighted by molar-refractivity contribution is 0.174. The molecule has 0 saturated heterocycles. The molecular weight excluding hydrogens is 334 g/mol. The Morgan fingerprint density at radius 3 is 2.61 bits per heavy atom. The molecule has 0 amide bonds. The quantitative estimate of drug-likeness (QED) is 0.862. The monoisotopic (exact) mass is 347 g/mol. The fraction of sp³-hybridized carbons (Fsp3) is 0.231. The second-order valence-electron chi connectivity index (χ2n) is 3.79. The Balaban J connectivity index is 0.00000162. The smallest absolute Gasteiger partial charge is 0.0914 e. The molecule has 0 spiro atoms. The van der Waals surface area contributed by atoms with Crippen molar-refractivity contribution in [2.75, 3.05) is 6.54 Å². The normalized spacial score (nSPS) is 11.9. The molecule has 1 unspecified atom stereocenters. The minimum absolute atomic E-state index is 0. The summed E-state index contributed by atoms with van der Waals surface area (Å²) in [5.74, 6) is 0. The summed E-state index contributed by atoms with van der Waals surface area (Å²) in [4.78, 5) is 1.26. The lowest BCUT2D eigenvalue weighted by Crippen LogP contribution is -2.20. The Morgan fingerprint density at radius 2 is 2.00 bits per heavy atom. The maximum atomic E-state index is 9.94. The van der Waals surface area contributed by atoms with Gasteiger partial charge in [0.05, 0.1) is 6.10 Å². The Kier molecular flexibility index (Phi) is 6.89. The molecule has 2 N–H and O–H groups in total. The van der Waals surface area contributed by atoms with Gasteiger partial charge in [-0.1, -0.05) is 30.3 Å². The molecule has 0 aliphatic heterocycles. The van der Waals surface area contributed by atoms with Gasteiger partial charge in [0.2, 0.25) is 0 Å². The van der Waals surface area contributed by atoms with E-state index in [4.69, 9.17) is 0 Å². The van der Waals surface area contributed by atoms with Gasteiger partial charge in [0, 0.05) is 27.8 Å². The average molecular weight is 349 g/mol. The summed E-state index contributed by atoms with van der Waals surface area (Å²) in [6, 6.07) is 11.8. The summed E-state index contributed by atoms with van der Waals surface area (Å²) < 4.78 is 1.11. The van der Waals surface area contributed by atoms with E-state index in [0.29, 0.717) is 6.54 Å². The topological polar surface area (TPSA) is 32.3 Å². The molecule has 1 heterocycles. The van der Waals surface area contributed by atoms with Crippen LogP contribution in [0, 0.1) is 0 Å². The van der Waals surface area contributed by atoms with Crippen molar-refractivity contribution in [3.8, 4) is 0 Å².